The van der Waals surface area contributed by atoms with E-state index in [1.165, 1.54) is 0 Å². The van der Waals surface area contributed by atoms with Gasteiger partial charge in [0, 0.05) is 11.6 Å². The monoisotopic (exact) mass is 296 g/mol. The van der Waals surface area contributed by atoms with Crippen molar-refractivity contribution in [3.8, 4) is 0 Å². The number of aromatic nitrogens is 1. The van der Waals surface area contributed by atoms with E-state index >= 15 is 0 Å². The summed E-state index contributed by atoms with van der Waals surface area (Å²) in [7, 11) is -1.14. The molecule has 3 aromatic rings. The highest BCUT2D eigenvalue weighted by atomic mass is 32.2. The van der Waals surface area contributed by atoms with Gasteiger partial charge in [-0.25, -0.2) is 0 Å². The van der Waals surface area contributed by atoms with E-state index < -0.39 is 10.8 Å². The summed E-state index contributed by atoms with van der Waals surface area (Å²) in [5.41, 5.74) is 9.58. The van der Waals surface area contributed by atoms with Gasteiger partial charge in [0.05, 0.1) is 32.7 Å². The van der Waals surface area contributed by atoms with Crippen LogP contribution in [0.1, 0.15) is 11.1 Å². The second-order valence-corrected chi connectivity index (χ2v) is 6.43. The van der Waals surface area contributed by atoms with Gasteiger partial charge in [-0.15, -0.1) is 0 Å². The Morgan fingerprint density at radius 2 is 2.00 bits per heavy atom. The molecule has 106 valence electrons. The summed E-state index contributed by atoms with van der Waals surface area (Å²) < 4.78 is 12.5. The Morgan fingerprint density at radius 1 is 1.14 bits per heavy atom. The predicted molar refractivity (Wildman–Crippen MR) is 87.4 cm³/mol. The number of nitrogen functional groups attached to an aromatic ring is 1. The fourth-order valence-electron chi connectivity index (χ4n) is 2.30. The van der Waals surface area contributed by atoms with Gasteiger partial charge in [0.15, 0.2) is 0 Å². The third kappa shape index (κ3) is 2.81. The molecule has 1 heterocycles. The number of nitrogens with zero attached hydrogens (tertiary/aromatic N) is 1. The first-order valence-corrected chi connectivity index (χ1v) is 8.04. The molecule has 4 heteroatoms. The smallest absolute Gasteiger partial charge is 0.0702 e. The number of para-hydroxylation sites is 1. The quantitative estimate of drug-likeness (QED) is 0.753. The lowest BCUT2D eigenvalue weighted by atomic mass is 10.1. The van der Waals surface area contributed by atoms with Crippen LogP contribution in [-0.2, 0) is 16.6 Å². The zero-order valence-electron chi connectivity index (χ0n) is 11.7. The molecule has 1 aromatic heterocycles. The van der Waals surface area contributed by atoms with Gasteiger partial charge in [0.2, 0.25) is 0 Å². The topological polar surface area (TPSA) is 56.0 Å². The Labute approximate surface area is 126 Å². The summed E-state index contributed by atoms with van der Waals surface area (Å²) >= 11 is 0. The Balaban J connectivity index is 1.91. The summed E-state index contributed by atoms with van der Waals surface area (Å²) in [6.07, 6.45) is 1.77. The van der Waals surface area contributed by atoms with Crippen LogP contribution in [0.3, 0.4) is 0 Å². The van der Waals surface area contributed by atoms with Gasteiger partial charge >= 0.3 is 0 Å². The van der Waals surface area contributed by atoms with Crippen LogP contribution in [0.25, 0.3) is 10.9 Å². The molecule has 0 aliphatic rings. The Hall–Kier alpha value is -2.20. The molecule has 0 amide bonds. The summed E-state index contributed by atoms with van der Waals surface area (Å²) in [6, 6.07) is 15.5. The van der Waals surface area contributed by atoms with Gasteiger partial charge in [-0.3, -0.25) is 9.19 Å². The number of pyridine rings is 1. The Morgan fingerprint density at radius 3 is 2.86 bits per heavy atom. The average Bonchev–Trinajstić information content (AvgIpc) is 2.50. The molecule has 0 saturated carbocycles. The Kier molecular flexibility index (Phi) is 3.71. The van der Waals surface area contributed by atoms with E-state index in [1.54, 1.807) is 6.20 Å². The first kappa shape index (κ1) is 13.8. The van der Waals surface area contributed by atoms with E-state index in [9.17, 15) is 4.21 Å². The first-order chi connectivity index (χ1) is 10.1. The van der Waals surface area contributed by atoms with Gasteiger partial charge in [-0.2, -0.15) is 0 Å². The molecule has 0 saturated heterocycles. The number of nitrogens with two attached hydrogens (primary N) is 1. The molecular formula is C17H16N2OS. The minimum atomic E-state index is -1.14. The highest BCUT2D eigenvalue weighted by Gasteiger charge is 2.10. The molecule has 3 nitrogen and oxygen atoms in total. The van der Waals surface area contributed by atoms with E-state index in [4.69, 9.17) is 5.73 Å². The van der Waals surface area contributed by atoms with Gasteiger partial charge in [-0.1, -0.05) is 24.3 Å². The predicted octanol–water partition coefficient (Wildman–Crippen LogP) is 3.43. The van der Waals surface area contributed by atoms with Crippen LogP contribution in [0.4, 0.5) is 5.69 Å². The van der Waals surface area contributed by atoms with E-state index in [1.807, 2.05) is 55.5 Å². The second kappa shape index (κ2) is 5.66. The third-order valence-corrected chi connectivity index (χ3v) is 4.94. The highest BCUT2D eigenvalue weighted by molar-refractivity contribution is 7.84. The van der Waals surface area contributed by atoms with Crippen LogP contribution < -0.4 is 5.73 Å². The normalized spacial score (nSPS) is 12.4. The summed E-state index contributed by atoms with van der Waals surface area (Å²) in [6.45, 7) is 1.93. The number of hydrogen-bond donors (Lipinski definition) is 1. The standard InChI is InChI=1S/C17H16N2OS/c1-12-4-2-6-16(17(12)18)21(20)11-13-7-8-15-14(10-13)5-3-9-19-15/h2-10H,11,18H2,1H3. The molecule has 1 unspecified atom stereocenters. The highest BCUT2D eigenvalue weighted by Crippen LogP contribution is 2.23. The van der Waals surface area contributed by atoms with E-state index in [0.717, 1.165) is 22.0 Å². The van der Waals surface area contributed by atoms with Crippen molar-refractivity contribution in [2.24, 2.45) is 0 Å². The largest absolute Gasteiger partial charge is 0.398 e. The summed E-state index contributed by atoms with van der Waals surface area (Å²) in [4.78, 5) is 5.00. The second-order valence-electron chi connectivity index (χ2n) is 5.01. The van der Waals surface area contributed by atoms with Crippen molar-refractivity contribution in [1.29, 1.82) is 0 Å². The van der Waals surface area contributed by atoms with Crippen molar-refractivity contribution in [3.63, 3.8) is 0 Å². The minimum Gasteiger partial charge on any atom is -0.398 e. The van der Waals surface area contributed by atoms with Crippen LogP contribution in [0, 0.1) is 6.92 Å². The average molecular weight is 296 g/mol. The molecule has 0 aliphatic heterocycles. The number of aryl methyl sites for hydroxylation is 1. The number of hydrogen-bond acceptors (Lipinski definition) is 3. The Bertz CT molecular complexity index is 830. The molecule has 0 bridgehead atoms. The van der Waals surface area contributed by atoms with Crippen molar-refractivity contribution in [3.05, 3.63) is 65.9 Å². The van der Waals surface area contributed by atoms with Crippen LogP contribution >= 0.6 is 0 Å². The van der Waals surface area contributed by atoms with Crippen LogP contribution in [0.5, 0.6) is 0 Å². The first-order valence-electron chi connectivity index (χ1n) is 6.72. The minimum absolute atomic E-state index is 0.457. The fraction of sp³-hybridized carbons (Fsp3) is 0.118. The SMILES string of the molecule is Cc1cccc(S(=O)Cc2ccc3ncccc3c2)c1N. The molecule has 3 rings (SSSR count). The molecule has 0 radical (unpaired) electrons. The maximum absolute atomic E-state index is 12.5. The van der Waals surface area contributed by atoms with Gasteiger partial charge in [0.1, 0.15) is 0 Å². The van der Waals surface area contributed by atoms with E-state index in [0.29, 0.717) is 16.3 Å². The van der Waals surface area contributed by atoms with Gasteiger partial charge < -0.3 is 5.73 Å². The lowest BCUT2D eigenvalue weighted by molar-refractivity contribution is 0.683. The summed E-state index contributed by atoms with van der Waals surface area (Å²) in [5.74, 6) is 0.457. The zero-order valence-corrected chi connectivity index (χ0v) is 12.6. The van der Waals surface area contributed by atoms with E-state index in [2.05, 4.69) is 4.98 Å². The van der Waals surface area contributed by atoms with Crippen molar-refractivity contribution < 1.29 is 4.21 Å². The van der Waals surface area contributed by atoms with Crippen LogP contribution in [-0.4, -0.2) is 9.19 Å². The van der Waals surface area contributed by atoms with Crippen LogP contribution in [0.2, 0.25) is 0 Å². The molecule has 0 spiro atoms. The molecule has 2 aromatic carbocycles. The molecule has 1 atom stereocenters. The number of anilines is 1. The molecule has 0 fully saturated rings. The third-order valence-electron chi connectivity index (χ3n) is 3.49. The fourth-order valence-corrected chi connectivity index (χ4v) is 3.57. The summed E-state index contributed by atoms with van der Waals surface area (Å²) in [5, 5.41) is 1.06. The van der Waals surface area contributed by atoms with Crippen molar-refractivity contribution in [2.45, 2.75) is 17.6 Å². The maximum atomic E-state index is 12.5. The van der Waals surface area contributed by atoms with Gasteiger partial charge in [0.25, 0.3) is 0 Å². The number of benzene rings is 2. The maximum Gasteiger partial charge on any atom is 0.0702 e. The van der Waals surface area contributed by atoms with Crippen molar-refractivity contribution in [1.82, 2.24) is 4.98 Å². The van der Waals surface area contributed by atoms with Crippen LogP contribution in [0.15, 0.2) is 59.6 Å². The van der Waals surface area contributed by atoms with Crippen molar-refractivity contribution >= 4 is 27.4 Å². The number of fused-ring (bicyclic) bond motifs is 1. The lowest BCUT2D eigenvalue weighted by Gasteiger charge is -2.08. The molecule has 21 heavy (non-hydrogen) atoms. The molecular weight excluding hydrogens is 280 g/mol. The lowest BCUT2D eigenvalue weighted by Crippen LogP contribution is -2.02. The van der Waals surface area contributed by atoms with Crippen molar-refractivity contribution in [2.75, 3.05) is 5.73 Å². The molecule has 0 aliphatic carbocycles. The number of rotatable bonds is 3. The van der Waals surface area contributed by atoms with Gasteiger partial charge in [-0.05, 0) is 42.3 Å². The van der Waals surface area contributed by atoms with E-state index in [-0.39, 0.29) is 0 Å². The zero-order chi connectivity index (χ0) is 14.8. The molecule has 2 N–H and O–H groups in total.